The SMILES string of the molecule is Cc1ccsc1CNCc1cnccn1. The molecule has 0 aliphatic heterocycles. The Hall–Kier alpha value is -1.26. The predicted molar refractivity (Wildman–Crippen MR) is 61.6 cm³/mol. The minimum Gasteiger partial charge on any atom is -0.306 e. The molecule has 0 fully saturated rings. The van der Waals surface area contributed by atoms with Crippen LogP contribution in [0.15, 0.2) is 30.0 Å². The summed E-state index contributed by atoms with van der Waals surface area (Å²) in [5.74, 6) is 0. The second kappa shape index (κ2) is 5.00. The zero-order valence-electron chi connectivity index (χ0n) is 8.60. The highest BCUT2D eigenvalue weighted by molar-refractivity contribution is 7.10. The highest BCUT2D eigenvalue weighted by Crippen LogP contribution is 2.14. The van der Waals surface area contributed by atoms with Crippen molar-refractivity contribution in [2.24, 2.45) is 0 Å². The number of aryl methyl sites for hydroxylation is 1. The van der Waals surface area contributed by atoms with Crippen LogP contribution in [0, 0.1) is 6.92 Å². The molecule has 3 nitrogen and oxygen atoms in total. The Balaban J connectivity index is 1.83. The molecule has 0 saturated heterocycles. The van der Waals surface area contributed by atoms with E-state index in [-0.39, 0.29) is 0 Å². The van der Waals surface area contributed by atoms with Gasteiger partial charge in [0.05, 0.1) is 5.69 Å². The molecule has 0 aliphatic carbocycles. The fraction of sp³-hybridized carbons (Fsp3) is 0.273. The van der Waals surface area contributed by atoms with Gasteiger partial charge in [-0.2, -0.15) is 0 Å². The quantitative estimate of drug-likeness (QED) is 0.856. The van der Waals surface area contributed by atoms with E-state index in [1.54, 1.807) is 29.9 Å². The Morgan fingerprint density at radius 1 is 1.33 bits per heavy atom. The van der Waals surface area contributed by atoms with E-state index >= 15 is 0 Å². The highest BCUT2D eigenvalue weighted by Gasteiger charge is 1.99. The van der Waals surface area contributed by atoms with Crippen molar-refractivity contribution < 1.29 is 0 Å². The Morgan fingerprint density at radius 2 is 2.27 bits per heavy atom. The van der Waals surface area contributed by atoms with Crippen LogP contribution in [0.1, 0.15) is 16.1 Å². The summed E-state index contributed by atoms with van der Waals surface area (Å²) in [6, 6.07) is 2.14. The molecule has 4 heteroatoms. The third-order valence-electron chi connectivity index (χ3n) is 2.18. The normalized spacial score (nSPS) is 10.5. The van der Waals surface area contributed by atoms with Crippen LogP contribution in [0.5, 0.6) is 0 Å². The lowest BCUT2D eigenvalue weighted by Crippen LogP contribution is -2.13. The number of nitrogens with one attached hydrogen (secondary N) is 1. The predicted octanol–water partition coefficient (Wildman–Crippen LogP) is 2.14. The minimum atomic E-state index is 0.769. The highest BCUT2D eigenvalue weighted by atomic mass is 32.1. The average molecular weight is 219 g/mol. The van der Waals surface area contributed by atoms with Crippen LogP contribution in [-0.4, -0.2) is 9.97 Å². The third-order valence-corrected chi connectivity index (χ3v) is 3.20. The summed E-state index contributed by atoms with van der Waals surface area (Å²) in [5, 5.41) is 5.47. The lowest BCUT2D eigenvalue weighted by Gasteiger charge is -2.02. The van der Waals surface area contributed by atoms with Gasteiger partial charge in [0, 0.05) is 36.6 Å². The molecule has 0 spiro atoms. The molecular formula is C11H13N3S. The Kier molecular flexibility index (Phi) is 3.42. The van der Waals surface area contributed by atoms with Crippen molar-refractivity contribution in [3.8, 4) is 0 Å². The number of nitrogens with zero attached hydrogens (tertiary/aromatic N) is 2. The average Bonchev–Trinajstić information content (AvgIpc) is 2.66. The molecule has 0 aliphatic rings. The maximum absolute atomic E-state index is 4.20. The van der Waals surface area contributed by atoms with Gasteiger partial charge in [-0.15, -0.1) is 11.3 Å². The Morgan fingerprint density at radius 3 is 2.93 bits per heavy atom. The van der Waals surface area contributed by atoms with E-state index in [0.717, 1.165) is 18.8 Å². The number of hydrogen-bond acceptors (Lipinski definition) is 4. The molecule has 0 unspecified atom stereocenters. The molecule has 78 valence electrons. The smallest absolute Gasteiger partial charge is 0.0724 e. The number of thiophene rings is 1. The summed E-state index contributed by atoms with van der Waals surface area (Å²) in [6.07, 6.45) is 5.19. The van der Waals surface area contributed by atoms with Crippen molar-refractivity contribution >= 4 is 11.3 Å². The molecule has 0 saturated carbocycles. The van der Waals surface area contributed by atoms with E-state index in [1.807, 2.05) is 0 Å². The summed E-state index contributed by atoms with van der Waals surface area (Å²) >= 11 is 1.79. The van der Waals surface area contributed by atoms with Gasteiger partial charge in [0.2, 0.25) is 0 Å². The van der Waals surface area contributed by atoms with Crippen LogP contribution in [0.3, 0.4) is 0 Å². The molecular weight excluding hydrogens is 206 g/mol. The van der Waals surface area contributed by atoms with E-state index in [9.17, 15) is 0 Å². The molecule has 2 aromatic rings. The van der Waals surface area contributed by atoms with E-state index in [2.05, 4.69) is 33.7 Å². The summed E-state index contributed by atoms with van der Waals surface area (Å²) in [4.78, 5) is 9.60. The Labute approximate surface area is 93.2 Å². The van der Waals surface area contributed by atoms with Crippen molar-refractivity contribution in [1.29, 1.82) is 0 Å². The molecule has 1 N–H and O–H groups in total. The molecule has 0 radical (unpaired) electrons. The fourth-order valence-electron chi connectivity index (χ4n) is 1.31. The van der Waals surface area contributed by atoms with Gasteiger partial charge in [0.1, 0.15) is 0 Å². The van der Waals surface area contributed by atoms with Gasteiger partial charge in [0.25, 0.3) is 0 Å². The first kappa shape index (κ1) is 10.3. The lowest BCUT2D eigenvalue weighted by atomic mass is 10.3. The van der Waals surface area contributed by atoms with E-state index in [4.69, 9.17) is 0 Å². The van der Waals surface area contributed by atoms with Gasteiger partial charge in [-0.05, 0) is 23.9 Å². The van der Waals surface area contributed by atoms with Gasteiger partial charge in [-0.3, -0.25) is 9.97 Å². The summed E-state index contributed by atoms with van der Waals surface area (Å²) < 4.78 is 0. The molecule has 2 rings (SSSR count). The summed E-state index contributed by atoms with van der Waals surface area (Å²) in [5.41, 5.74) is 2.33. The second-order valence-corrected chi connectivity index (χ2v) is 4.33. The van der Waals surface area contributed by atoms with Crippen molar-refractivity contribution in [3.05, 3.63) is 46.2 Å². The van der Waals surface area contributed by atoms with Crippen LogP contribution in [0.2, 0.25) is 0 Å². The molecule has 0 aromatic carbocycles. The van der Waals surface area contributed by atoms with Crippen molar-refractivity contribution in [2.45, 2.75) is 20.0 Å². The lowest BCUT2D eigenvalue weighted by molar-refractivity contribution is 0.681. The van der Waals surface area contributed by atoms with Crippen LogP contribution in [-0.2, 0) is 13.1 Å². The molecule has 15 heavy (non-hydrogen) atoms. The van der Waals surface area contributed by atoms with E-state index < -0.39 is 0 Å². The molecule has 2 heterocycles. The number of hydrogen-bond donors (Lipinski definition) is 1. The van der Waals surface area contributed by atoms with Gasteiger partial charge >= 0.3 is 0 Å². The third kappa shape index (κ3) is 2.84. The van der Waals surface area contributed by atoms with Crippen LogP contribution < -0.4 is 5.32 Å². The largest absolute Gasteiger partial charge is 0.306 e. The number of rotatable bonds is 4. The van der Waals surface area contributed by atoms with Crippen LogP contribution in [0.25, 0.3) is 0 Å². The Bertz CT molecular complexity index is 411. The van der Waals surface area contributed by atoms with Crippen LogP contribution >= 0.6 is 11.3 Å². The fourth-order valence-corrected chi connectivity index (χ4v) is 2.19. The zero-order chi connectivity index (χ0) is 10.5. The van der Waals surface area contributed by atoms with Gasteiger partial charge in [-0.1, -0.05) is 0 Å². The second-order valence-electron chi connectivity index (χ2n) is 3.33. The molecule has 0 bridgehead atoms. The minimum absolute atomic E-state index is 0.769. The monoisotopic (exact) mass is 219 g/mol. The number of aromatic nitrogens is 2. The first-order valence-electron chi connectivity index (χ1n) is 4.85. The van der Waals surface area contributed by atoms with Crippen molar-refractivity contribution in [3.63, 3.8) is 0 Å². The maximum Gasteiger partial charge on any atom is 0.0724 e. The van der Waals surface area contributed by atoms with Crippen molar-refractivity contribution in [1.82, 2.24) is 15.3 Å². The first-order chi connectivity index (χ1) is 7.36. The van der Waals surface area contributed by atoms with Gasteiger partial charge in [0.15, 0.2) is 0 Å². The molecule has 2 aromatic heterocycles. The van der Waals surface area contributed by atoms with Crippen molar-refractivity contribution in [2.75, 3.05) is 0 Å². The van der Waals surface area contributed by atoms with Gasteiger partial charge < -0.3 is 5.32 Å². The standard InChI is InChI=1S/C11H13N3S/c1-9-2-5-15-11(9)8-13-7-10-6-12-3-4-14-10/h2-6,13H,7-8H2,1H3. The molecule has 0 amide bonds. The maximum atomic E-state index is 4.20. The summed E-state index contributed by atoms with van der Waals surface area (Å²) in [7, 11) is 0. The summed E-state index contributed by atoms with van der Waals surface area (Å²) in [6.45, 7) is 3.81. The van der Waals surface area contributed by atoms with Gasteiger partial charge in [-0.25, -0.2) is 0 Å². The first-order valence-corrected chi connectivity index (χ1v) is 5.73. The van der Waals surface area contributed by atoms with Crippen LogP contribution in [0.4, 0.5) is 0 Å². The van der Waals surface area contributed by atoms with E-state index in [1.165, 1.54) is 10.4 Å². The zero-order valence-corrected chi connectivity index (χ0v) is 9.42. The van der Waals surface area contributed by atoms with E-state index in [0.29, 0.717) is 0 Å². The molecule has 0 atom stereocenters. The topological polar surface area (TPSA) is 37.8 Å².